The van der Waals surface area contributed by atoms with E-state index in [1.54, 1.807) is 25.8 Å². The van der Waals surface area contributed by atoms with E-state index < -0.39 is 16.5 Å². The topological polar surface area (TPSA) is 90.1 Å². The lowest BCUT2D eigenvalue weighted by molar-refractivity contribution is -0.117. The van der Waals surface area contributed by atoms with Gasteiger partial charge >= 0.3 is 5.69 Å². The van der Waals surface area contributed by atoms with Gasteiger partial charge in [0.25, 0.3) is 5.56 Å². The van der Waals surface area contributed by atoms with E-state index in [1.807, 2.05) is 44.2 Å². The zero-order valence-electron chi connectivity index (χ0n) is 18.6. The lowest BCUT2D eigenvalue weighted by atomic mass is 10.2. The van der Waals surface area contributed by atoms with Crippen LogP contribution in [0.1, 0.15) is 26.6 Å². The first-order valence-electron chi connectivity index (χ1n) is 10.1. The smallest absolute Gasteiger partial charge is 0.315 e. The van der Waals surface area contributed by atoms with Crippen LogP contribution in [0, 0.1) is 12.8 Å². The lowest BCUT2D eigenvalue weighted by Crippen LogP contribution is -2.40. The molecular weight excluding hydrogens is 414 g/mol. The Labute approximate surface area is 184 Å². The van der Waals surface area contributed by atoms with Gasteiger partial charge in [0.1, 0.15) is 16.2 Å². The molecule has 0 bridgehead atoms. The van der Waals surface area contributed by atoms with Gasteiger partial charge < -0.3 is 4.90 Å². The zero-order chi connectivity index (χ0) is 22.9. The largest absolute Gasteiger partial charge is 0.332 e. The molecule has 0 aliphatic carbocycles. The van der Waals surface area contributed by atoms with E-state index in [0.29, 0.717) is 23.0 Å². The number of hydrogen-bond acceptors (Lipinski definition) is 6. The van der Waals surface area contributed by atoms with Gasteiger partial charge in [-0.05, 0) is 31.9 Å². The van der Waals surface area contributed by atoms with Crippen molar-refractivity contribution in [2.45, 2.75) is 44.5 Å². The molecule has 0 spiro atoms. The Morgan fingerprint density at radius 3 is 2.39 bits per heavy atom. The van der Waals surface area contributed by atoms with Crippen LogP contribution in [0.25, 0.3) is 11.0 Å². The minimum Gasteiger partial charge on any atom is -0.315 e. The molecule has 0 unspecified atom stereocenters. The third-order valence-corrected chi connectivity index (χ3v) is 5.99. The second-order valence-electron chi connectivity index (χ2n) is 7.92. The molecule has 2 heterocycles. The second kappa shape index (κ2) is 9.05. The van der Waals surface area contributed by atoms with Gasteiger partial charge in [-0.25, -0.2) is 14.8 Å². The van der Waals surface area contributed by atoms with Crippen LogP contribution in [-0.2, 0) is 18.4 Å². The normalized spacial score (nSPS) is 12.4. The number of rotatable bonds is 6. The average Bonchev–Trinajstić information content (AvgIpc) is 2.74. The fourth-order valence-corrected chi connectivity index (χ4v) is 4.40. The third kappa shape index (κ3) is 4.56. The van der Waals surface area contributed by atoms with E-state index >= 15 is 0 Å². The van der Waals surface area contributed by atoms with Crippen molar-refractivity contribution in [1.29, 1.82) is 0 Å². The number of benzene rings is 1. The van der Waals surface area contributed by atoms with Crippen molar-refractivity contribution in [2.24, 2.45) is 13.0 Å². The van der Waals surface area contributed by atoms with Crippen molar-refractivity contribution in [2.75, 3.05) is 11.9 Å². The summed E-state index contributed by atoms with van der Waals surface area (Å²) in [7, 11) is 3.17. The maximum absolute atomic E-state index is 13.0. The molecule has 1 amide bonds. The van der Waals surface area contributed by atoms with Crippen molar-refractivity contribution >= 4 is 34.4 Å². The Morgan fingerprint density at radius 2 is 1.77 bits per heavy atom. The first-order valence-corrected chi connectivity index (χ1v) is 11.0. The van der Waals surface area contributed by atoms with Gasteiger partial charge in [0.05, 0.1) is 5.25 Å². The second-order valence-corrected chi connectivity index (χ2v) is 9.25. The van der Waals surface area contributed by atoms with Gasteiger partial charge in [-0.1, -0.05) is 43.8 Å². The predicted molar refractivity (Wildman–Crippen MR) is 124 cm³/mol. The van der Waals surface area contributed by atoms with Crippen molar-refractivity contribution in [1.82, 2.24) is 19.1 Å². The van der Waals surface area contributed by atoms with E-state index in [4.69, 9.17) is 0 Å². The summed E-state index contributed by atoms with van der Waals surface area (Å²) >= 11 is 1.20. The first-order chi connectivity index (χ1) is 14.6. The molecule has 0 aliphatic rings. The standard InChI is InChI=1S/C22H27N5O3S/c1-13(2)12-27-18-17(21(29)26(6)22(27)30)19(24-15(4)23-18)31-14(3)20(28)25(5)16-10-8-7-9-11-16/h7-11,13-14H,12H2,1-6H3/t14-/m1/s1. The molecule has 31 heavy (non-hydrogen) atoms. The molecule has 0 saturated carbocycles. The molecule has 1 atom stereocenters. The Kier molecular flexibility index (Phi) is 6.64. The highest BCUT2D eigenvalue weighted by Crippen LogP contribution is 2.28. The highest BCUT2D eigenvalue weighted by atomic mass is 32.2. The number of aryl methyl sites for hydroxylation is 1. The summed E-state index contributed by atoms with van der Waals surface area (Å²) in [5.41, 5.74) is 0.227. The molecule has 0 radical (unpaired) electrons. The Balaban J connectivity index is 2.08. The van der Waals surface area contributed by atoms with E-state index in [2.05, 4.69) is 9.97 Å². The number of carbonyl (C=O) groups is 1. The molecule has 0 saturated heterocycles. The Hall–Kier alpha value is -2.94. The highest BCUT2D eigenvalue weighted by Gasteiger charge is 2.24. The molecule has 0 aliphatic heterocycles. The number of amides is 1. The van der Waals surface area contributed by atoms with E-state index in [9.17, 15) is 14.4 Å². The van der Waals surface area contributed by atoms with Crippen LogP contribution in [0.3, 0.4) is 0 Å². The summed E-state index contributed by atoms with van der Waals surface area (Å²) in [6.45, 7) is 7.91. The third-order valence-electron chi connectivity index (χ3n) is 4.92. The lowest BCUT2D eigenvalue weighted by Gasteiger charge is -2.21. The monoisotopic (exact) mass is 441 g/mol. The SMILES string of the molecule is Cc1nc(S[C@H](C)C(=O)N(C)c2ccccc2)c2c(=O)n(C)c(=O)n(CC(C)C)c2n1. The molecule has 9 heteroatoms. The van der Waals surface area contributed by atoms with Gasteiger partial charge in [0.15, 0.2) is 5.65 Å². The number of hydrogen-bond donors (Lipinski definition) is 0. The summed E-state index contributed by atoms with van der Waals surface area (Å²) in [6.07, 6.45) is 0. The Morgan fingerprint density at radius 1 is 1.13 bits per heavy atom. The minimum absolute atomic E-state index is 0.118. The molecule has 3 aromatic rings. The molecule has 8 nitrogen and oxygen atoms in total. The van der Waals surface area contributed by atoms with Gasteiger partial charge in [0.2, 0.25) is 5.91 Å². The van der Waals surface area contributed by atoms with E-state index in [-0.39, 0.29) is 17.2 Å². The molecule has 3 rings (SSSR count). The van der Waals surface area contributed by atoms with Crippen LogP contribution in [-0.4, -0.2) is 37.3 Å². The average molecular weight is 442 g/mol. The maximum atomic E-state index is 13.0. The molecule has 0 N–H and O–H groups in total. The van der Waals surface area contributed by atoms with Crippen molar-refractivity contribution in [3.8, 4) is 0 Å². The number of nitrogens with zero attached hydrogens (tertiary/aromatic N) is 5. The molecular formula is C22H27N5O3S. The minimum atomic E-state index is -0.502. The van der Waals surface area contributed by atoms with Crippen molar-refractivity contribution in [3.63, 3.8) is 0 Å². The molecule has 164 valence electrons. The quantitative estimate of drug-likeness (QED) is 0.431. The predicted octanol–water partition coefficient (Wildman–Crippen LogP) is 2.60. The van der Waals surface area contributed by atoms with Gasteiger partial charge in [-0.15, -0.1) is 0 Å². The molecule has 0 fully saturated rings. The number of aromatic nitrogens is 4. The fraction of sp³-hybridized carbons (Fsp3) is 0.409. The summed E-state index contributed by atoms with van der Waals surface area (Å²) in [6, 6.07) is 9.35. The van der Waals surface area contributed by atoms with Crippen LogP contribution >= 0.6 is 11.8 Å². The number of carbonyl (C=O) groups excluding carboxylic acids is 1. The number of para-hydroxylation sites is 1. The summed E-state index contributed by atoms with van der Waals surface area (Å²) < 4.78 is 2.60. The van der Waals surface area contributed by atoms with Gasteiger partial charge in [0, 0.05) is 26.3 Å². The van der Waals surface area contributed by atoms with Crippen LogP contribution in [0.2, 0.25) is 0 Å². The fourth-order valence-electron chi connectivity index (χ4n) is 3.33. The Bertz CT molecular complexity index is 1230. The van der Waals surface area contributed by atoms with E-state index in [1.165, 1.54) is 23.4 Å². The van der Waals surface area contributed by atoms with Crippen LogP contribution in [0.15, 0.2) is 44.9 Å². The maximum Gasteiger partial charge on any atom is 0.332 e. The molecule has 1 aromatic carbocycles. The first kappa shape index (κ1) is 22.7. The van der Waals surface area contributed by atoms with E-state index in [0.717, 1.165) is 10.3 Å². The number of fused-ring (bicyclic) bond motifs is 1. The van der Waals surface area contributed by atoms with Gasteiger partial charge in [-0.3, -0.25) is 18.7 Å². The number of anilines is 1. The van der Waals surface area contributed by atoms with Crippen LogP contribution in [0.5, 0.6) is 0 Å². The highest BCUT2D eigenvalue weighted by molar-refractivity contribution is 8.00. The summed E-state index contributed by atoms with van der Waals surface area (Å²) in [5, 5.41) is 0.168. The summed E-state index contributed by atoms with van der Waals surface area (Å²) in [4.78, 5) is 49.2. The molecule has 2 aromatic heterocycles. The van der Waals surface area contributed by atoms with Crippen molar-refractivity contribution < 1.29 is 4.79 Å². The van der Waals surface area contributed by atoms with Gasteiger partial charge in [-0.2, -0.15) is 0 Å². The summed E-state index contributed by atoms with van der Waals surface area (Å²) in [5.74, 6) is 0.508. The number of thioether (sulfide) groups is 1. The van der Waals surface area contributed by atoms with Crippen molar-refractivity contribution in [3.05, 3.63) is 57.0 Å². The van der Waals surface area contributed by atoms with Crippen LogP contribution in [0.4, 0.5) is 5.69 Å². The van der Waals surface area contributed by atoms with Crippen LogP contribution < -0.4 is 16.1 Å². The zero-order valence-corrected chi connectivity index (χ0v) is 19.4.